The van der Waals surface area contributed by atoms with Crippen LogP contribution in [0.2, 0.25) is 0 Å². The van der Waals surface area contributed by atoms with Gasteiger partial charge in [0.05, 0.1) is 25.4 Å². The first-order chi connectivity index (χ1) is 35.0. The lowest BCUT2D eigenvalue weighted by molar-refractivity contribution is -0.143. The molecule has 0 aromatic carbocycles. The lowest BCUT2D eigenvalue weighted by Gasteiger charge is -2.22. The van der Waals surface area contributed by atoms with E-state index < -0.39 is 12.1 Å². The quantitative estimate of drug-likeness (QED) is 0.0320. The van der Waals surface area contributed by atoms with Crippen molar-refractivity contribution in [1.82, 2.24) is 5.32 Å². The molecular formula is C65H125NO5. The number of aliphatic hydroxyl groups excluding tert-OH is 2. The third-order valence-electron chi connectivity index (χ3n) is 15.0. The second-order valence-corrected chi connectivity index (χ2v) is 22.1. The number of unbranched alkanes of at least 4 members (excludes halogenated alkanes) is 45. The summed E-state index contributed by atoms with van der Waals surface area (Å²) in [4.78, 5) is 24.5. The molecule has 0 saturated heterocycles. The van der Waals surface area contributed by atoms with E-state index in [-0.39, 0.29) is 18.5 Å². The van der Waals surface area contributed by atoms with E-state index in [9.17, 15) is 19.8 Å². The first kappa shape index (κ1) is 69.3. The third-order valence-corrected chi connectivity index (χ3v) is 15.0. The van der Waals surface area contributed by atoms with Gasteiger partial charge in [-0.3, -0.25) is 9.59 Å². The highest BCUT2D eigenvalue weighted by Crippen LogP contribution is 2.18. The molecule has 6 nitrogen and oxygen atoms in total. The first-order valence-electron chi connectivity index (χ1n) is 32.1. The maximum absolute atomic E-state index is 12.5. The maximum Gasteiger partial charge on any atom is 0.305 e. The molecule has 71 heavy (non-hydrogen) atoms. The fourth-order valence-corrected chi connectivity index (χ4v) is 10.1. The standard InChI is InChI=1S/C65H125NO5/c1-3-5-7-9-11-13-15-38-41-45-49-53-57-63(68)62(61-67)66-64(69)58-54-50-46-42-39-35-33-31-29-27-25-23-21-19-17-16-18-20-22-24-26-28-30-32-34-36-40-44-48-52-56-60-71-65(70)59-55-51-47-43-37-14-12-10-8-6-4-2/h18,20,24,26,62-63,67-68H,3-17,19,21-23,25,27-61H2,1-2H3,(H,66,69)/b20-18-,26-24-. The summed E-state index contributed by atoms with van der Waals surface area (Å²) in [6, 6.07) is -0.539. The number of carbonyl (C=O) groups is 2. The van der Waals surface area contributed by atoms with Gasteiger partial charge in [0.15, 0.2) is 0 Å². The fourth-order valence-electron chi connectivity index (χ4n) is 10.1. The SMILES string of the molecule is CCCCCCCCCCCCCCC(O)C(CO)NC(=O)CCCCCCCCCCCCCCCCC/C=C\C/C=C\CCCCCCCCCCCOC(=O)CCCCCCCCCCCCC. The maximum atomic E-state index is 12.5. The van der Waals surface area contributed by atoms with Crippen LogP contribution in [0.5, 0.6) is 0 Å². The van der Waals surface area contributed by atoms with Crippen LogP contribution in [0.3, 0.4) is 0 Å². The molecule has 1 amide bonds. The van der Waals surface area contributed by atoms with Crippen molar-refractivity contribution in [1.29, 1.82) is 0 Å². The molecule has 0 aliphatic carbocycles. The van der Waals surface area contributed by atoms with Crippen molar-refractivity contribution in [3.63, 3.8) is 0 Å². The summed E-state index contributed by atoms with van der Waals surface area (Å²) < 4.78 is 5.47. The number of esters is 1. The van der Waals surface area contributed by atoms with Crippen LogP contribution in [0.15, 0.2) is 24.3 Å². The smallest absolute Gasteiger partial charge is 0.305 e. The molecule has 0 spiro atoms. The molecule has 0 aliphatic heterocycles. The molecule has 0 saturated carbocycles. The highest BCUT2D eigenvalue weighted by molar-refractivity contribution is 5.76. The van der Waals surface area contributed by atoms with Crippen LogP contribution in [0, 0.1) is 0 Å². The van der Waals surface area contributed by atoms with Gasteiger partial charge in [-0.25, -0.2) is 0 Å². The van der Waals surface area contributed by atoms with Gasteiger partial charge >= 0.3 is 5.97 Å². The van der Waals surface area contributed by atoms with E-state index in [1.807, 2.05) is 0 Å². The number of rotatable bonds is 60. The molecule has 2 unspecified atom stereocenters. The number of carbonyl (C=O) groups excluding carboxylic acids is 2. The molecule has 0 aliphatic rings. The predicted octanol–water partition coefficient (Wildman–Crippen LogP) is 20.2. The predicted molar refractivity (Wildman–Crippen MR) is 310 cm³/mol. The van der Waals surface area contributed by atoms with Gasteiger partial charge in [-0.05, 0) is 57.8 Å². The summed E-state index contributed by atoms with van der Waals surface area (Å²) in [6.07, 6.45) is 74.9. The first-order valence-corrected chi connectivity index (χ1v) is 32.1. The summed E-state index contributed by atoms with van der Waals surface area (Å²) in [5.41, 5.74) is 0. The number of aliphatic hydroxyl groups is 2. The van der Waals surface area contributed by atoms with E-state index in [1.165, 1.54) is 276 Å². The Balaban J connectivity index is 3.38. The minimum Gasteiger partial charge on any atom is -0.466 e. The summed E-state index contributed by atoms with van der Waals surface area (Å²) in [6.45, 7) is 4.96. The molecule has 420 valence electrons. The van der Waals surface area contributed by atoms with Crippen LogP contribution in [0.25, 0.3) is 0 Å². The van der Waals surface area contributed by atoms with E-state index in [0.29, 0.717) is 25.9 Å². The highest BCUT2D eigenvalue weighted by atomic mass is 16.5. The van der Waals surface area contributed by atoms with Crippen molar-refractivity contribution in [3.05, 3.63) is 24.3 Å². The van der Waals surface area contributed by atoms with Gasteiger partial charge in [0, 0.05) is 12.8 Å². The largest absolute Gasteiger partial charge is 0.466 e. The van der Waals surface area contributed by atoms with Gasteiger partial charge in [-0.15, -0.1) is 0 Å². The van der Waals surface area contributed by atoms with Gasteiger partial charge in [-0.2, -0.15) is 0 Å². The monoisotopic (exact) mass is 1000 g/mol. The topological polar surface area (TPSA) is 95.9 Å². The van der Waals surface area contributed by atoms with E-state index >= 15 is 0 Å². The third kappa shape index (κ3) is 57.5. The molecule has 0 radical (unpaired) electrons. The lowest BCUT2D eigenvalue weighted by Crippen LogP contribution is -2.45. The Labute approximate surface area is 443 Å². The summed E-state index contributed by atoms with van der Waals surface area (Å²) >= 11 is 0. The van der Waals surface area contributed by atoms with Crippen molar-refractivity contribution >= 4 is 11.9 Å². The van der Waals surface area contributed by atoms with Gasteiger partial charge in [0.1, 0.15) is 0 Å². The number of allylic oxidation sites excluding steroid dienone is 4. The normalized spacial score (nSPS) is 12.7. The van der Waals surface area contributed by atoms with Gasteiger partial charge in [0.25, 0.3) is 0 Å². The Morgan fingerprint density at radius 2 is 0.704 bits per heavy atom. The molecule has 3 N–H and O–H groups in total. The molecule has 0 fully saturated rings. The minimum absolute atomic E-state index is 0.0131. The zero-order valence-corrected chi connectivity index (χ0v) is 48.0. The van der Waals surface area contributed by atoms with Crippen LogP contribution < -0.4 is 5.32 Å². The van der Waals surface area contributed by atoms with E-state index in [0.717, 1.165) is 44.9 Å². The number of ether oxygens (including phenoxy) is 1. The second kappa shape index (κ2) is 60.9. The Morgan fingerprint density at radius 1 is 0.394 bits per heavy atom. The summed E-state index contributed by atoms with van der Waals surface area (Å²) in [7, 11) is 0. The van der Waals surface area contributed by atoms with E-state index in [1.54, 1.807) is 0 Å². The second-order valence-electron chi connectivity index (χ2n) is 22.1. The lowest BCUT2D eigenvalue weighted by atomic mass is 10.0. The Hall–Kier alpha value is -1.66. The average Bonchev–Trinajstić information content (AvgIpc) is 3.37. The van der Waals surface area contributed by atoms with Gasteiger partial charge in [-0.1, -0.05) is 308 Å². The molecule has 2 atom stereocenters. The Bertz CT molecular complexity index is 1110. The zero-order valence-electron chi connectivity index (χ0n) is 48.0. The number of amides is 1. The van der Waals surface area contributed by atoms with Crippen LogP contribution in [0.4, 0.5) is 0 Å². The average molecular weight is 1000 g/mol. The van der Waals surface area contributed by atoms with Crippen LogP contribution in [0.1, 0.15) is 354 Å². The van der Waals surface area contributed by atoms with Crippen LogP contribution in [-0.2, 0) is 14.3 Å². The summed E-state index contributed by atoms with van der Waals surface area (Å²) in [5.74, 6) is -0.0203. The van der Waals surface area contributed by atoms with Crippen molar-refractivity contribution < 1.29 is 24.5 Å². The molecular weight excluding hydrogens is 875 g/mol. The van der Waals surface area contributed by atoms with Gasteiger partial charge < -0.3 is 20.3 Å². The van der Waals surface area contributed by atoms with Crippen molar-refractivity contribution in [2.45, 2.75) is 366 Å². The molecule has 6 heteroatoms. The molecule has 0 aromatic rings. The van der Waals surface area contributed by atoms with E-state index in [4.69, 9.17) is 4.74 Å². The fraction of sp³-hybridized carbons (Fsp3) is 0.908. The number of hydrogen-bond acceptors (Lipinski definition) is 5. The number of nitrogens with one attached hydrogen (secondary N) is 1. The Kier molecular flexibility index (Phi) is 59.5. The van der Waals surface area contributed by atoms with Crippen LogP contribution in [-0.4, -0.2) is 47.4 Å². The minimum atomic E-state index is -0.662. The van der Waals surface area contributed by atoms with Crippen molar-refractivity contribution in [2.75, 3.05) is 13.2 Å². The molecule has 0 heterocycles. The molecule has 0 bridgehead atoms. The molecule has 0 rings (SSSR count). The van der Waals surface area contributed by atoms with Crippen LogP contribution >= 0.6 is 0 Å². The Morgan fingerprint density at radius 3 is 1.07 bits per heavy atom. The number of hydrogen-bond donors (Lipinski definition) is 3. The van der Waals surface area contributed by atoms with Crippen molar-refractivity contribution in [3.8, 4) is 0 Å². The zero-order chi connectivity index (χ0) is 51.4. The summed E-state index contributed by atoms with van der Waals surface area (Å²) in [5, 5.41) is 23.2. The van der Waals surface area contributed by atoms with Crippen molar-refractivity contribution in [2.24, 2.45) is 0 Å². The highest BCUT2D eigenvalue weighted by Gasteiger charge is 2.20. The van der Waals surface area contributed by atoms with Gasteiger partial charge in [0.2, 0.25) is 5.91 Å². The molecule has 0 aromatic heterocycles. The van der Waals surface area contributed by atoms with E-state index in [2.05, 4.69) is 43.5 Å².